The smallest absolute Gasteiger partial charge is 0.305 e. The number of rotatable bonds is 8. The molecule has 1 fully saturated rings. The van der Waals surface area contributed by atoms with Crippen molar-refractivity contribution in [3.05, 3.63) is 40.2 Å². The minimum atomic E-state index is -3.76. The fourth-order valence-electron chi connectivity index (χ4n) is 4.00. The average Bonchev–Trinajstić information content (AvgIpc) is 2.53. The number of aliphatic carboxylic acids is 1. The molecule has 0 aromatic heterocycles. The van der Waals surface area contributed by atoms with Gasteiger partial charge < -0.3 is 15.1 Å². The number of aryl methyl sites for hydroxylation is 2. The Morgan fingerprint density at radius 2 is 1.93 bits per heavy atom. The normalized spacial score (nSPS) is 19.1. The van der Waals surface area contributed by atoms with Crippen LogP contribution in [0.4, 0.5) is 0 Å². The summed E-state index contributed by atoms with van der Waals surface area (Å²) in [5, 5.41) is 18.4. The number of hydrogen-bond acceptors (Lipinski definition) is 3. The lowest BCUT2D eigenvalue weighted by Crippen LogP contribution is -2.17. The predicted molar refractivity (Wildman–Crippen MR) is 108 cm³/mol. The monoisotopic (exact) mass is 394 g/mol. The van der Waals surface area contributed by atoms with E-state index >= 15 is 0 Å². The van der Waals surface area contributed by atoms with Gasteiger partial charge in [0.15, 0.2) is 0 Å². The van der Waals surface area contributed by atoms with E-state index in [1.54, 1.807) is 6.08 Å². The molecule has 2 atom stereocenters. The average molecular weight is 394 g/mol. The summed E-state index contributed by atoms with van der Waals surface area (Å²) in [5.41, 5.74) is 4.40. The maximum absolute atomic E-state index is 12.4. The molecule has 0 aliphatic heterocycles. The third-order valence-electron chi connectivity index (χ3n) is 5.21. The van der Waals surface area contributed by atoms with Crippen LogP contribution in [-0.4, -0.2) is 33.3 Å². The van der Waals surface area contributed by atoms with Gasteiger partial charge in [-0.2, -0.15) is 0 Å². The fraction of sp³-hybridized carbons (Fsp3) is 0.571. The molecule has 1 aromatic rings. The number of carbonyl (C=O) groups is 1. The predicted octanol–water partition coefficient (Wildman–Crippen LogP) is 4.50. The van der Waals surface area contributed by atoms with E-state index in [-0.39, 0.29) is 0 Å². The van der Waals surface area contributed by atoms with E-state index < -0.39 is 32.0 Å². The highest BCUT2D eigenvalue weighted by Gasteiger charge is 2.22. The Morgan fingerprint density at radius 1 is 1.26 bits per heavy atom. The second kappa shape index (κ2) is 9.68. The number of benzene rings is 1. The Kier molecular flexibility index (Phi) is 7.84. The molecule has 5 nitrogen and oxygen atoms in total. The third-order valence-corrected chi connectivity index (χ3v) is 6.77. The standard InChI is InChI=1S/C21H31O5P/c1-15-10-16(2)20(18(11-15)12-17-6-4-3-5-7-17)8-9-27(25,26)14-19(22)13-21(23)24/h8-11,17,19,22H,3-7,12-14H2,1-2H3,(H,23,24)(H,25,26)/b9-8+. The van der Waals surface area contributed by atoms with Crippen LogP contribution in [0.25, 0.3) is 6.08 Å². The summed E-state index contributed by atoms with van der Waals surface area (Å²) in [6.07, 6.45) is 6.66. The summed E-state index contributed by atoms with van der Waals surface area (Å²) < 4.78 is 12.4. The van der Waals surface area contributed by atoms with Gasteiger partial charge in [-0.3, -0.25) is 9.36 Å². The van der Waals surface area contributed by atoms with Crippen LogP contribution >= 0.6 is 7.37 Å². The second-order valence-electron chi connectivity index (χ2n) is 7.87. The van der Waals surface area contributed by atoms with E-state index in [4.69, 9.17) is 5.11 Å². The van der Waals surface area contributed by atoms with Crippen molar-refractivity contribution < 1.29 is 24.5 Å². The molecular formula is C21H31O5P. The Labute approximate surface area is 161 Å². The molecule has 0 amide bonds. The molecule has 27 heavy (non-hydrogen) atoms. The zero-order chi connectivity index (χ0) is 20.0. The maximum Gasteiger partial charge on any atom is 0.305 e. The van der Waals surface area contributed by atoms with Gasteiger partial charge in [-0.25, -0.2) is 0 Å². The molecule has 0 bridgehead atoms. The zero-order valence-electron chi connectivity index (χ0n) is 16.2. The fourth-order valence-corrected chi connectivity index (χ4v) is 5.23. The lowest BCUT2D eigenvalue weighted by Gasteiger charge is -2.23. The van der Waals surface area contributed by atoms with E-state index in [0.29, 0.717) is 5.92 Å². The van der Waals surface area contributed by atoms with Gasteiger partial charge in [0, 0.05) is 5.82 Å². The van der Waals surface area contributed by atoms with Gasteiger partial charge in [0.25, 0.3) is 0 Å². The van der Waals surface area contributed by atoms with Crippen LogP contribution < -0.4 is 0 Å². The highest BCUT2D eigenvalue weighted by Crippen LogP contribution is 2.44. The minimum absolute atomic E-state index is 0.446. The van der Waals surface area contributed by atoms with Gasteiger partial charge in [-0.1, -0.05) is 49.8 Å². The molecule has 1 saturated carbocycles. The molecule has 1 aliphatic carbocycles. The van der Waals surface area contributed by atoms with Crippen LogP contribution in [0.15, 0.2) is 17.9 Å². The molecule has 1 aliphatic rings. The van der Waals surface area contributed by atoms with Gasteiger partial charge in [0.2, 0.25) is 7.37 Å². The van der Waals surface area contributed by atoms with Gasteiger partial charge in [0.1, 0.15) is 0 Å². The van der Waals surface area contributed by atoms with Crippen molar-refractivity contribution in [3.8, 4) is 0 Å². The summed E-state index contributed by atoms with van der Waals surface area (Å²) in [6.45, 7) is 4.06. The molecule has 0 spiro atoms. The third kappa shape index (κ3) is 7.25. The van der Waals surface area contributed by atoms with Crippen LogP contribution in [0.3, 0.4) is 0 Å². The largest absolute Gasteiger partial charge is 0.481 e. The van der Waals surface area contributed by atoms with E-state index in [1.807, 2.05) is 6.92 Å². The molecule has 2 rings (SSSR count). The van der Waals surface area contributed by atoms with Crippen molar-refractivity contribution in [1.29, 1.82) is 0 Å². The molecule has 3 N–H and O–H groups in total. The lowest BCUT2D eigenvalue weighted by molar-refractivity contribution is -0.138. The van der Waals surface area contributed by atoms with Crippen LogP contribution in [0.2, 0.25) is 0 Å². The van der Waals surface area contributed by atoms with E-state index in [9.17, 15) is 19.4 Å². The molecule has 2 unspecified atom stereocenters. The molecule has 0 saturated heterocycles. The van der Waals surface area contributed by atoms with E-state index in [2.05, 4.69) is 19.1 Å². The summed E-state index contributed by atoms with van der Waals surface area (Å²) in [5.74, 6) is 0.723. The van der Waals surface area contributed by atoms with Crippen molar-refractivity contribution >= 4 is 19.4 Å². The molecule has 1 aromatic carbocycles. The number of hydrogen-bond donors (Lipinski definition) is 3. The zero-order valence-corrected chi connectivity index (χ0v) is 17.1. The Morgan fingerprint density at radius 3 is 2.56 bits per heavy atom. The Bertz CT molecular complexity index is 734. The number of aliphatic hydroxyl groups excluding tert-OH is 1. The summed E-state index contributed by atoms with van der Waals surface area (Å²) in [7, 11) is -3.76. The highest BCUT2D eigenvalue weighted by atomic mass is 31.2. The highest BCUT2D eigenvalue weighted by molar-refractivity contribution is 7.61. The molecular weight excluding hydrogens is 363 g/mol. The molecule has 150 valence electrons. The van der Waals surface area contributed by atoms with Crippen molar-refractivity contribution in [1.82, 2.24) is 0 Å². The molecule has 0 radical (unpaired) electrons. The van der Waals surface area contributed by atoms with Crippen LogP contribution in [-0.2, 0) is 15.8 Å². The summed E-state index contributed by atoms with van der Waals surface area (Å²) in [6, 6.07) is 4.22. The van der Waals surface area contributed by atoms with Crippen molar-refractivity contribution in [3.63, 3.8) is 0 Å². The summed E-state index contributed by atoms with van der Waals surface area (Å²) in [4.78, 5) is 20.8. The first-order valence-corrected chi connectivity index (χ1v) is 11.6. The number of aliphatic hydroxyl groups is 1. The van der Waals surface area contributed by atoms with E-state index in [1.165, 1.54) is 49.0 Å². The van der Waals surface area contributed by atoms with Crippen LogP contribution in [0.5, 0.6) is 0 Å². The molecule has 6 heteroatoms. The van der Waals surface area contributed by atoms with Crippen molar-refractivity contribution in [2.24, 2.45) is 5.92 Å². The molecule has 0 heterocycles. The van der Waals surface area contributed by atoms with Crippen LogP contribution in [0.1, 0.15) is 60.8 Å². The van der Waals surface area contributed by atoms with Gasteiger partial charge >= 0.3 is 5.97 Å². The van der Waals surface area contributed by atoms with Crippen LogP contribution in [0, 0.1) is 19.8 Å². The second-order valence-corrected chi connectivity index (χ2v) is 10.0. The number of carboxylic acids is 1. The first-order chi connectivity index (χ1) is 12.7. The SMILES string of the molecule is Cc1cc(C)c(/C=C/P(=O)(O)CC(O)CC(=O)O)c(CC2CCCCC2)c1. The van der Waals surface area contributed by atoms with Crippen molar-refractivity contribution in [2.75, 3.05) is 6.16 Å². The maximum atomic E-state index is 12.4. The van der Waals surface area contributed by atoms with Gasteiger partial charge in [0.05, 0.1) is 18.7 Å². The van der Waals surface area contributed by atoms with Gasteiger partial charge in [-0.15, -0.1) is 0 Å². The first-order valence-electron chi connectivity index (χ1n) is 9.67. The Balaban J connectivity index is 2.19. The van der Waals surface area contributed by atoms with Crippen molar-refractivity contribution in [2.45, 2.75) is 64.9 Å². The lowest BCUT2D eigenvalue weighted by atomic mass is 9.83. The number of carboxylic acid groups (broad SMARTS) is 1. The Hall–Kier alpha value is -1.42. The quantitative estimate of drug-likeness (QED) is 0.564. The summed E-state index contributed by atoms with van der Waals surface area (Å²) >= 11 is 0. The minimum Gasteiger partial charge on any atom is -0.481 e. The first kappa shape index (κ1) is 21.9. The van der Waals surface area contributed by atoms with E-state index in [0.717, 1.165) is 17.5 Å². The van der Waals surface area contributed by atoms with Gasteiger partial charge in [-0.05, 0) is 49.0 Å². The topological polar surface area (TPSA) is 94.8 Å².